The van der Waals surface area contributed by atoms with E-state index in [1.54, 1.807) is 30.8 Å². The molecule has 130 valence electrons. The number of benzene rings is 1. The van der Waals surface area contributed by atoms with Gasteiger partial charge in [0, 0.05) is 25.8 Å². The maximum atomic E-state index is 5.92. The summed E-state index contributed by atoms with van der Waals surface area (Å²) >= 11 is 1.70. The predicted molar refractivity (Wildman–Crippen MR) is 99.9 cm³/mol. The van der Waals surface area contributed by atoms with E-state index in [0.29, 0.717) is 6.61 Å². The number of fused-ring (bicyclic) bond motifs is 1. The molecule has 1 aliphatic heterocycles. The third kappa shape index (κ3) is 3.52. The maximum Gasteiger partial charge on any atom is 0.186 e. The van der Waals surface area contributed by atoms with E-state index in [1.165, 1.54) is 0 Å². The first-order valence-corrected chi connectivity index (χ1v) is 9.10. The van der Waals surface area contributed by atoms with Crippen LogP contribution >= 0.6 is 11.3 Å². The van der Waals surface area contributed by atoms with E-state index in [1.807, 2.05) is 30.3 Å². The number of methoxy groups -OCH3 is 1. The molecule has 0 unspecified atom stereocenters. The zero-order valence-electron chi connectivity index (χ0n) is 14.0. The highest BCUT2D eigenvalue weighted by Gasteiger charge is 2.25. The summed E-state index contributed by atoms with van der Waals surface area (Å²) in [6.07, 6.45) is 3.49. The van der Waals surface area contributed by atoms with Crippen molar-refractivity contribution in [2.24, 2.45) is 0 Å². The van der Waals surface area contributed by atoms with Gasteiger partial charge in [-0.05, 0) is 30.3 Å². The lowest BCUT2D eigenvalue weighted by atomic mass is 10.2. The number of pyridine rings is 1. The normalized spacial score (nSPS) is 17.6. The third-order valence-electron chi connectivity index (χ3n) is 4.26. The van der Waals surface area contributed by atoms with Crippen molar-refractivity contribution < 1.29 is 9.47 Å². The fourth-order valence-electron chi connectivity index (χ4n) is 2.93. The summed E-state index contributed by atoms with van der Waals surface area (Å²) in [5.74, 6) is 1.65. The second-order valence-corrected chi connectivity index (χ2v) is 6.89. The minimum Gasteiger partial charge on any atom is -0.497 e. The van der Waals surface area contributed by atoms with Gasteiger partial charge in [-0.3, -0.25) is 4.98 Å². The molecule has 2 aromatic heterocycles. The Hall–Kier alpha value is -2.38. The van der Waals surface area contributed by atoms with Crippen molar-refractivity contribution in [2.45, 2.75) is 6.04 Å². The van der Waals surface area contributed by atoms with E-state index in [4.69, 9.17) is 14.5 Å². The monoisotopic (exact) mass is 356 g/mol. The summed E-state index contributed by atoms with van der Waals surface area (Å²) in [6, 6.07) is 10.0. The number of aromatic nitrogens is 2. The number of ether oxygens (including phenoxy) is 2. The lowest BCUT2D eigenvalue weighted by Crippen LogP contribution is -2.54. The number of hydrogen-bond acceptors (Lipinski definition) is 7. The van der Waals surface area contributed by atoms with Gasteiger partial charge in [0.2, 0.25) is 0 Å². The van der Waals surface area contributed by atoms with Crippen molar-refractivity contribution in [1.29, 1.82) is 0 Å². The number of hydrogen-bond donors (Lipinski definition) is 1. The molecule has 1 aromatic carbocycles. The van der Waals surface area contributed by atoms with Crippen LogP contribution in [-0.4, -0.2) is 49.4 Å². The Morgan fingerprint density at radius 2 is 2.28 bits per heavy atom. The number of nitrogens with one attached hydrogen (secondary N) is 1. The molecule has 25 heavy (non-hydrogen) atoms. The van der Waals surface area contributed by atoms with Crippen molar-refractivity contribution in [1.82, 2.24) is 15.3 Å². The van der Waals surface area contributed by atoms with Crippen LogP contribution in [-0.2, 0) is 0 Å². The van der Waals surface area contributed by atoms with Crippen molar-refractivity contribution in [3.63, 3.8) is 0 Å². The van der Waals surface area contributed by atoms with Crippen LogP contribution in [0.4, 0.5) is 5.13 Å². The molecule has 6 nitrogen and oxygen atoms in total. The Bertz CT molecular complexity index is 839. The first-order valence-electron chi connectivity index (χ1n) is 8.28. The van der Waals surface area contributed by atoms with Gasteiger partial charge in [0.25, 0.3) is 0 Å². The van der Waals surface area contributed by atoms with Crippen LogP contribution in [0.25, 0.3) is 10.2 Å². The standard InChI is InChI=1S/C18H20N4O2S/c1-23-14-4-5-16-17(9-14)25-18(21-16)22-8-7-20-10-13(22)12-24-15-3-2-6-19-11-15/h2-6,9,11,13,20H,7-8,10,12H2,1H3/t13-/m0/s1. The van der Waals surface area contributed by atoms with Crippen LogP contribution in [0.1, 0.15) is 0 Å². The largest absolute Gasteiger partial charge is 0.497 e. The maximum absolute atomic E-state index is 5.92. The van der Waals surface area contributed by atoms with E-state index in [-0.39, 0.29) is 6.04 Å². The minimum atomic E-state index is 0.233. The van der Waals surface area contributed by atoms with E-state index in [0.717, 1.165) is 46.5 Å². The summed E-state index contributed by atoms with van der Waals surface area (Å²) in [4.78, 5) is 11.2. The van der Waals surface area contributed by atoms with Crippen LogP contribution in [0.3, 0.4) is 0 Å². The van der Waals surface area contributed by atoms with E-state index in [2.05, 4.69) is 15.2 Å². The van der Waals surface area contributed by atoms with Gasteiger partial charge in [0.05, 0.1) is 29.6 Å². The Morgan fingerprint density at radius 3 is 3.12 bits per heavy atom. The molecule has 0 radical (unpaired) electrons. The molecule has 4 rings (SSSR count). The molecule has 3 heterocycles. The lowest BCUT2D eigenvalue weighted by Gasteiger charge is -2.35. The second kappa shape index (κ2) is 7.25. The summed E-state index contributed by atoms with van der Waals surface area (Å²) in [7, 11) is 1.69. The van der Waals surface area contributed by atoms with Crippen molar-refractivity contribution in [3.05, 3.63) is 42.7 Å². The molecular weight excluding hydrogens is 336 g/mol. The Labute approximate surface area is 150 Å². The number of anilines is 1. The van der Waals surface area contributed by atoms with Gasteiger partial charge in [-0.25, -0.2) is 4.98 Å². The van der Waals surface area contributed by atoms with E-state index < -0.39 is 0 Å². The number of thiazole rings is 1. The molecule has 0 amide bonds. The Kier molecular flexibility index (Phi) is 4.67. The van der Waals surface area contributed by atoms with Crippen LogP contribution in [0.5, 0.6) is 11.5 Å². The first-order chi connectivity index (χ1) is 12.3. The topological polar surface area (TPSA) is 59.5 Å². The molecule has 1 fully saturated rings. The zero-order valence-corrected chi connectivity index (χ0v) is 14.8. The third-order valence-corrected chi connectivity index (χ3v) is 5.31. The summed E-state index contributed by atoms with van der Waals surface area (Å²) < 4.78 is 12.4. The van der Waals surface area contributed by atoms with E-state index >= 15 is 0 Å². The number of nitrogens with zero attached hydrogens (tertiary/aromatic N) is 3. The molecule has 0 aliphatic carbocycles. The minimum absolute atomic E-state index is 0.233. The molecule has 1 saturated heterocycles. The molecule has 0 saturated carbocycles. The molecule has 0 bridgehead atoms. The Balaban J connectivity index is 1.54. The highest BCUT2D eigenvalue weighted by molar-refractivity contribution is 7.22. The van der Waals surface area contributed by atoms with Crippen LogP contribution in [0.2, 0.25) is 0 Å². The lowest BCUT2D eigenvalue weighted by molar-refractivity contribution is 0.266. The summed E-state index contributed by atoms with van der Waals surface area (Å²) in [5.41, 5.74) is 1.01. The van der Waals surface area contributed by atoms with Crippen LogP contribution < -0.4 is 19.7 Å². The highest BCUT2D eigenvalue weighted by atomic mass is 32.1. The van der Waals surface area contributed by atoms with Gasteiger partial charge in [-0.2, -0.15) is 0 Å². The molecule has 1 atom stereocenters. The average molecular weight is 356 g/mol. The smallest absolute Gasteiger partial charge is 0.186 e. The summed E-state index contributed by atoms with van der Waals surface area (Å²) in [5, 5.41) is 4.47. The van der Waals surface area contributed by atoms with Crippen LogP contribution in [0, 0.1) is 0 Å². The Morgan fingerprint density at radius 1 is 1.32 bits per heavy atom. The van der Waals surface area contributed by atoms with Gasteiger partial charge in [0.15, 0.2) is 5.13 Å². The zero-order chi connectivity index (χ0) is 17.1. The predicted octanol–water partition coefficient (Wildman–Crippen LogP) is 2.56. The van der Waals surface area contributed by atoms with Gasteiger partial charge < -0.3 is 19.7 Å². The van der Waals surface area contributed by atoms with Crippen molar-refractivity contribution >= 4 is 26.7 Å². The fourth-order valence-corrected chi connectivity index (χ4v) is 4.02. The van der Waals surface area contributed by atoms with Gasteiger partial charge >= 0.3 is 0 Å². The molecule has 7 heteroatoms. The number of piperazine rings is 1. The summed E-state index contributed by atoms with van der Waals surface area (Å²) in [6.45, 7) is 3.33. The molecule has 1 N–H and O–H groups in total. The second-order valence-electron chi connectivity index (χ2n) is 5.88. The fraction of sp³-hybridized carbons (Fsp3) is 0.333. The van der Waals surface area contributed by atoms with Crippen LogP contribution in [0.15, 0.2) is 42.7 Å². The highest BCUT2D eigenvalue weighted by Crippen LogP contribution is 2.32. The molecule has 1 aliphatic rings. The SMILES string of the molecule is COc1ccc2nc(N3CCNC[C@H]3COc3cccnc3)sc2c1. The molecular formula is C18H20N4O2S. The first kappa shape index (κ1) is 16.1. The average Bonchev–Trinajstić information content (AvgIpc) is 3.10. The van der Waals surface area contributed by atoms with E-state index in [9.17, 15) is 0 Å². The molecule has 3 aromatic rings. The molecule has 0 spiro atoms. The van der Waals surface area contributed by atoms with Crippen molar-refractivity contribution in [2.75, 3.05) is 38.3 Å². The van der Waals surface area contributed by atoms with Gasteiger partial charge in [0.1, 0.15) is 18.1 Å². The van der Waals surface area contributed by atoms with Gasteiger partial charge in [-0.15, -0.1) is 0 Å². The quantitative estimate of drug-likeness (QED) is 0.758. The van der Waals surface area contributed by atoms with Gasteiger partial charge in [-0.1, -0.05) is 11.3 Å². The van der Waals surface area contributed by atoms with Crippen molar-refractivity contribution in [3.8, 4) is 11.5 Å². The number of rotatable bonds is 5.